The largest absolute Gasteiger partial charge is 0.505 e. The van der Waals surface area contributed by atoms with E-state index in [2.05, 4.69) is 31.1 Å². The second-order valence-corrected chi connectivity index (χ2v) is 7.35. The predicted octanol–water partition coefficient (Wildman–Crippen LogP) is 5.84. The third-order valence-electron chi connectivity index (χ3n) is 4.65. The van der Waals surface area contributed by atoms with Crippen molar-refractivity contribution in [2.24, 2.45) is 5.92 Å². The molecule has 0 saturated carbocycles. The van der Waals surface area contributed by atoms with Crippen LogP contribution in [0, 0.1) is 20.3 Å². The summed E-state index contributed by atoms with van der Waals surface area (Å²) in [5.41, 5.74) is 3.59. The molecule has 0 aliphatic carbocycles. The predicted molar refractivity (Wildman–Crippen MR) is 127 cm³/mol. The molecule has 0 aliphatic rings. The molecule has 1 radical (unpaired) electrons. The maximum absolute atomic E-state index is 13.0. The monoisotopic (exact) mass is 496 g/mol. The van der Waals surface area contributed by atoms with E-state index in [1.807, 2.05) is 63.2 Å². The zero-order valence-electron chi connectivity index (χ0n) is 19.7. The van der Waals surface area contributed by atoms with E-state index in [1.54, 1.807) is 0 Å². The summed E-state index contributed by atoms with van der Waals surface area (Å²) in [6, 6.07) is 17.8. The first-order chi connectivity index (χ1) is 14.0. The summed E-state index contributed by atoms with van der Waals surface area (Å²) in [5.74, 6) is 0.289. The number of aromatic nitrogens is 2. The Balaban J connectivity index is 0.00000219. The molecule has 0 aliphatic heterocycles. The summed E-state index contributed by atoms with van der Waals surface area (Å²) in [5, 5.41) is 15.4. The normalized spacial score (nSPS) is 9.87. The van der Waals surface area contributed by atoms with E-state index in [-0.39, 0.29) is 57.4 Å². The smallest absolute Gasteiger partial charge is 0.278 e. The molecular formula is C26H35N2O2Y-. The van der Waals surface area contributed by atoms with Gasteiger partial charge in [0.1, 0.15) is 5.69 Å². The van der Waals surface area contributed by atoms with E-state index in [0.29, 0.717) is 24.2 Å². The maximum atomic E-state index is 13.0. The molecule has 5 heteroatoms. The number of benzene rings is 2. The molecule has 31 heavy (non-hydrogen) atoms. The van der Waals surface area contributed by atoms with Gasteiger partial charge in [0.15, 0.2) is 5.75 Å². The van der Waals surface area contributed by atoms with Crippen LogP contribution in [0.1, 0.15) is 44.5 Å². The van der Waals surface area contributed by atoms with Crippen molar-refractivity contribution in [2.75, 3.05) is 0 Å². The number of nitrogens with zero attached hydrogens (tertiary/aromatic N) is 2. The molecule has 0 saturated heterocycles. The Bertz CT molecular complexity index is 982. The van der Waals surface area contributed by atoms with Crippen molar-refractivity contribution in [1.82, 2.24) is 9.78 Å². The minimum atomic E-state index is -0.237. The number of hydrogen-bond donors (Lipinski definition) is 1. The van der Waals surface area contributed by atoms with Crippen molar-refractivity contribution in [1.29, 1.82) is 0 Å². The van der Waals surface area contributed by atoms with Crippen LogP contribution in [0.3, 0.4) is 0 Å². The van der Waals surface area contributed by atoms with Gasteiger partial charge in [-0.05, 0) is 42.4 Å². The molecule has 165 valence electrons. The summed E-state index contributed by atoms with van der Waals surface area (Å²) in [6.45, 7) is 10.6. The molecule has 0 unspecified atom stereocenters. The second kappa shape index (κ2) is 14.3. The molecule has 0 fully saturated rings. The third-order valence-corrected chi connectivity index (χ3v) is 4.65. The molecule has 4 nitrogen and oxygen atoms in total. The molecule has 3 aromatic rings. The van der Waals surface area contributed by atoms with Crippen LogP contribution in [0.4, 0.5) is 0 Å². The van der Waals surface area contributed by atoms with Gasteiger partial charge < -0.3 is 12.5 Å². The van der Waals surface area contributed by atoms with Crippen molar-refractivity contribution in [3.8, 4) is 16.9 Å². The number of hydrogen-bond acceptors (Lipinski definition) is 3. The Morgan fingerprint density at radius 2 is 1.55 bits per heavy atom. The maximum Gasteiger partial charge on any atom is 0.278 e. The van der Waals surface area contributed by atoms with Gasteiger partial charge in [0.05, 0.1) is 5.56 Å². The number of aromatic hydroxyl groups is 1. The van der Waals surface area contributed by atoms with Crippen LogP contribution in [0.2, 0.25) is 0 Å². The molecule has 0 bridgehead atoms. The van der Waals surface area contributed by atoms with Crippen molar-refractivity contribution in [2.45, 2.75) is 54.0 Å². The van der Waals surface area contributed by atoms with Gasteiger partial charge in [-0.25, -0.2) is 4.68 Å². The number of rotatable bonds is 6. The van der Waals surface area contributed by atoms with Gasteiger partial charge in [-0.2, -0.15) is 5.10 Å². The van der Waals surface area contributed by atoms with Crippen LogP contribution in [0.25, 0.3) is 11.1 Å². The summed E-state index contributed by atoms with van der Waals surface area (Å²) < 4.78 is 1.51. The average Bonchev–Trinajstić information content (AvgIpc) is 2.72. The fraction of sp³-hybridized carbons (Fsp3) is 0.346. The van der Waals surface area contributed by atoms with Crippen molar-refractivity contribution >= 4 is 0 Å². The summed E-state index contributed by atoms with van der Waals surface area (Å²) in [4.78, 5) is 13.0. The van der Waals surface area contributed by atoms with Gasteiger partial charge in [0, 0.05) is 39.3 Å². The molecule has 0 atom stereocenters. The Labute approximate surface area is 212 Å². The fourth-order valence-corrected chi connectivity index (χ4v) is 3.25. The van der Waals surface area contributed by atoms with E-state index in [0.717, 1.165) is 17.5 Å². The molecule has 2 aromatic carbocycles. The van der Waals surface area contributed by atoms with Gasteiger partial charge in [-0.1, -0.05) is 82.3 Å². The van der Waals surface area contributed by atoms with Crippen LogP contribution < -0.4 is 5.56 Å². The van der Waals surface area contributed by atoms with Crippen LogP contribution in [-0.2, 0) is 52.1 Å². The standard InChI is InChI=1S/C23H26N2O2.C2H6.CH3.Y/c1-16(2)15-25-23(27)21(19-12-8-7-9-17(19)3)22(26)20(24-25)14-13-18-10-5-4-6-11-18;1-2;;/h4-12,16,26H,13-15H2,1-3H3;1-2H3;1H3;/q;;-1;. The minimum Gasteiger partial charge on any atom is -0.505 e. The topological polar surface area (TPSA) is 55.1 Å². The van der Waals surface area contributed by atoms with Gasteiger partial charge >= 0.3 is 0 Å². The Morgan fingerprint density at radius 3 is 2.13 bits per heavy atom. The zero-order valence-corrected chi connectivity index (χ0v) is 22.6. The van der Waals surface area contributed by atoms with Gasteiger partial charge in [-0.15, -0.1) is 0 Å². The SMILES string of the molecule is CC.Cc1ccccc1-c1c(O)c(CCc2ccccc2)nn(CC(C)C)c1=O.[CH3-].[Y]. The van der Waals surface area contributed by atoms with Crippen molar-refractivity contribution < 1.29 is 37.8 Å². The zero-order chi connectivity index (χ0) is 21.4. The van der Waals surface area contributed by atoms with E-state index >= 15 is 0 Å². The van der Waals surface area contributed by atoms with E-state index in [4.69, 9.17) is 0 Å². The van der Waals surface area contributed by atoms with E-state index < -0.39 is 0 Å². The van der Waals surface area contributed by atoms with Crippen LogP contribution in [0.5, 0.6) is 5.75 Å². The fourth-order valence-electron chi connectivity index (χ4n) is 3.25. The summed E-state index contributed by atoms with van der Waals surface area (Å²) in [6.07, 6.45) is 1.33. The molecule has 1 N–H and O–H groups in total. The van der Waals surface area contributed by atoms with Crippen LogP contribution in [-0.4, -0.2) is 14.9 Å². The van der Waals surface area contributed by atoms with E-state index in [1.165, 1.54) is 10.2 Å². The first kappa shape index (κ1) is 29.2. The first-order valence-corrected chi connectivity index (χ1v) is 10.4. The van der Waals surface area contributed by atoms with Gasteiger partial charge in [0.2, 0.25) is 0 Å². The van der Waals surface area contributed by atoms with Crippen LogP contribution >= 0.6 is 0 Å². The van der Waals surface area contributed by atoms with Gasteiger partial charge in [0.25, 0.3) is 5.56 Å². The van der Waals surface area contributed by atoms with Crippen molar-refractivity contribution in [3.05, 3.63) is 89.2 Å². The van der Waals surface area contributed by atoms with E-state index in [9.17, 15) is 9.90 Å². The minimum absolute atomic E-state index is 0. The Morgan fingerprint density at radius 1 is 0.968 bits per heavy atom. The summed E-state index contributed by atoms with van der Waals surface area (Å²) >= 11 is 0. The Kier molecular flexibility index (Phi) is 13.5. The number of aryl methyl sites for hydroxylation is 3. The molecule has 3 rings (SSSR count). The first-order valence-electron chi connectivity index (χ1n) is 10.4. The summed E-state index contributed by atoms with van der Waals surface area (Å²) in [7, 11) is 0. The molecule has 1 heterocycles. The average molecular weight is 496 g/mol. The van der Waals surface area contributed by atoms with Crippen molar-refractivity contribution in [3.63, 3.8) is 0 Å². The Hall–Kier alpha value is -1.78. The quantitative estimate of drug-likeness (QED) is 0.437. The molecular weight excluding hydrogens is 461 g/mol. The second-order valence-electron chi connectivity index (χ2n) is 7.35. The van der Waals surface area contributed by atoms with Crippen LogP contribution in [0.15, 0.2) is 59.4 Å². The third kappa shape index (κ3) is 7.69. The molecule has 0 spiro atoms. The molecule has 0 amide bonds. The molecule has 1 aromatic heterocycles. The van der Waals surface area contributed by atoms with Gasteiger partial charge in [-0.3, -0.25) is 4.79 Å².